The SMILES string of the molecule is C=C1NC(=O)NC1(CN1C=CCC(C)(C)C1OC)c1ccc(C#CC(C)(C)C)cc1. The van der Waals surface area contributed by atoms with Crippen molar-refractivity contribution in [1.29, 1.82) is 0 Å². The lowest BCUT2D eigenvalue weighted by atomic mass is 9.82. The van der Waals surface area contributed by atoms with Crippen LogP contribution in [0.25, 0.3) is 0 Å². The molecule has 2 heterocycles. The second kappa shape index (κ2) is 7.85. The van der Waals surface area contributed by atoms with Gasteiger partial charge in [0.15, 0.2) is 0 Å². The molecule has 160 valence electrons. The van der Waals surface area contributed by atoms with Crippen molar-refractivity contribution in [3.05, 3.63) is 59.9 Å². The third kappa shape index (κ3) is 4.39. The maximum Gasteiger partial charge on any atom is 0.320 e. The summed E-state index contributed by atoms with van der Waals surface area (Å²) in [5.74, 6) is 6.48. The highest BCUT2D eigenvalue weighted by Gasteiger charge is 2.47. The van der Waals surface area contributed by atoms with Gasteiger partial charge in [-0.2, -0.15) is 0 Å². The molecule has 1 aromatic carbocycles. The van der Waals surface area contributed by atoms with Gasteiger partial charge in [-0.25, -0.2) is 4.79 Å². The van der Waals surface area contributed by atoms with Crippen molar-refractivity contribution < 1.29 is 9.53 Å². The molecule has 2 aliphatic heterocycles. The van der Waals surface area contributed by atoms with E-state index in [0.717, 1.165) is 17.5 Å². The Bertz CT molecular complexity index is 912. The Labute approximate surface area is 180 Å². The molecule has 2 N–H and O–H groups in total. The topological polar surface area (TPSA) is 53.6 Å². The minimum atomic E-state index is -0.762. The lowest BCUT2D eigenvalue weighted by molar-refractivity contribution is -0.0952. The Kier molecular flexibility index (Phi) is 5.75. The van der Waals surface area contributed by atoms with Crippen LogP contribution in [0.15, 0.2) is 48.8 Å². The van der Waals surface area contributed by atoms with Crippen molar-refractivity contribution in [1.82, 2.24) is 15.5 Å². The highest BCUT2D eigenvalue weighted by Crippen LogP contribution is 2.38. The van der Waals surface area contributed by atoms with Crippen molar-refractivity contribution >= 4 is 6.03 Å². The third-order valence-electron chi connectivity index (χ3n) is 5.62. The first-order valence-electron chi connectivity index (χ1n) is 10.3. The summed E-state index contributed by atoms with van der Waals surface area (Å²) in [6.07, 6.45) is 5.03. The second-order valence-electron chi connectivity index (χ2n) is 9.88. The number of allylic oxidation sites excluding steroid dienone is 1. The Morgan fingerprint density at radius 2 is 1.93 bits per heavy atom. The zero-order valence-corrected chi connectivity index (χ0v) is 18.9. The van der Waals surface area contributed by atoms with E-state index in [2.05, 4.69) is 80.8 Å². The summed E-state index contributed by atoms with van der Waals surface area (Å²) in [6.45, 7) is 15.3. The molecule has 2 unspecified atom stereocenters. The van der Waals surface area contributed by atoms with Crippen LogP contribution in [-0.4, -0.2) is 30.8 Å². The highest BCUT2D eigenvalue weighted by molar-refractivity contribution is 5.82. The maximum absolute atomic E-state index is 12.3. The van der Waals surface area contributed by atoms with Crippen LogP contribution in [-0.2, 0) is 10.3 Å². The fraction of sp³-hybridized carbons (Fsp3) is 0.480. The fourth-order valence-electron chi connectivity index (χ4n) is 4.10. The molecule has 0 aromatic heterocycles. The van der Waals surface area contributed by atoms with E-state index in [9.17, 15) is 4.79 Å². The van der Waals surface area contributed by atoms with Gasteiger partial charge in [-0.3, -0.25) is 0 Å². The predicted octanol–water partition coefficient (Wildman–Crippen LogP) is 4.32. The molecule has 0 radical (unpaired) electrons. The van der Waals surface area contributed by atoms with Crippen molar-refractivity contribution in [2.75, 3.05) is 13.7 Å². The van der Waals surface area contributed by atoms with Crippen LogP contribution in [0.4, 0.5) is 4.79 Å². The van der Waals surface area contributed by atoms with Gasteiger partial charge >= 0.3 is 6.03 Å². The van der Waals surface area contributed by atoms with Crippen molar-refractivity contribution in [3.8, 4) is 11.8 Å². The van der Waals surface area contributed by atoms with E-state index >= 15 is 0 Å². The number of rotatable bonds is 4. The Morgan fingerprint density at radius 3 is 2.47 bits per heavy atom. The molecular formula is C25H33N3O2. The number of ether oxygens (including phenoxy) is 1. The molecule has 5 nitrogen and oxygen atoms in total. The number of benzene rings is 1. The van der Waals surface area contributed by atoms with Gasteiger partial charge in [0.1, 0.15) is 11.8 Å². The number of nitrogens with one attached hydrogen (secondary N) is 2. The van der Waals surface area contributed by atoms with Gasteiger partial charge < -0.3 is 20.3 Å². The molecule has 2 aliphatic rings. The molecule has 1 fully saturated rings. The summed E-state index contributed by atoms with van der Waals surface area (Å²) in [6, 6.07) is 7.79. The van der Waals surface area contributed by atoms with Crippen LogP contribution in [0.1, 0.15) is 52.2 Å². The minimum absolute atomic E-state index is 0.0472. The average Bonchev–Trinajstić information content (AvgIpc) is 2.93. The molecule has 30 heavy (non-hydrogen) atoms. The van der Waals surface area contributed by atoms with E-state index in [1.807, 2.05) is 24.3 Å². The number of nitrogens with zero attached hydrogens (tertiary/aromatic N) is 1. The molecule has 0 bridgehead atoms. The average molecular weight is 408 g/mol. The number of carbonyl (C=O) groups is 1. The van der Waals surface area contributed by atoms with E-state index in [0.29, 0.717) is 12.2 Å². The van der Waals surface area contributed by atoms with Crippen molar-refractivity contribution in [2.45, 2.75) is 52.8 Å². The van der Waals surface area contributed by atoms with Crippen LogP contribution in [0.5, 0.6) is 0 Å². The van der Waals surface area contributed by atoms with Gasteiger partial charge in [0.25, 0.3) is 0 Å². The first-order valence-corrected chi connectivity index (χ1v) is 10.3. The summed E-state index contributed by atoms with van der Waals surface area (Å²) < 4.78 is 5.85. The summed E-state index contributed by atoms with van der Waals surface area (Å²) >= 11 is 0. The number of hydrogen-bond acceptors (Lipinski definition) is 3. The smallest absolute Gasteiger partial charge is 0.320 e. The Balaban J connectivity index is 1.97. The number of carbonyl (C=O) groups excluding carboxylic acids is 1. The van der Waals surface area contributed by atoms with E-state index in [1.54, 1.807) is 7.11 Å². The normalized spacial score (nSPS) is 25.4. The molecule has 2 amide bonds. The van der Waals surface area contributed by atoms with E-state index in [4.69, 9.17) is 4.74 Å². The summed E-state index contributed by atoms with van der Waals surface area (Å²) in [5.41, 5.74) is 1.67. The quantitative estimate of drug-likeness (QED) is 0.731. The van der Waals surface area contributed by atoms with Crippen LogP contribution >= 0.6 is 0 Å². The van der Waals surface area contributed by atoms with Gasteiger partial charge in [0.2, 0.25) is 0 Å². The first kappa shape index (κ1) is 22.0. The van der Waals surface area contributed by atoms with E-state index < -0.39 is 5.54 Å². The lowest BCUT2D eigenvalue weighted by Crippen LogP contribution is -2.54. The molecule has 3 rings (SSSR count). The predicted molar refractivity (Wildman–Crippen MR) is 120 cm³/mol. The van der Waals surface area contributed by atoms with Gasteiger partial charge in [-0.05, 0) is 51.1 Å². The summed E-state index contributed by atoms with van der Waals surface area (Å²) in [5, 5.41) is 5.96. The van der Waals surface area contributed by atoms with Crippen molar-refractivity contribution in [3.63, 3.8) is 0 Å². The molecule has 1 saturated heterocycles. The second-order valence-corrected chi connectivity index (χ2v) is 9.88. The molecule has 2 atom stereocenters. The maximum atomic E-state index is 12.3. The molecule has 0 aliphatic carbocycles. The number of amides is 2. The van der Waals surface area contributed by atoms with Crippen LogP contribution in [0, 0.1) is 22.7 Å². The molecule has 5 heteroatoms. The monoisotopic (exact) mass is 407 g/mol. The van der Waals surface area contributed by atoms with Crippen LogP contribution in [0.3, 0.4) is 0 Å². The van der Waals surface area contributed by atoms with E-state index in [1.165, 1.54) is 0 Å². The Hall–Kier alpha value is -2.71. The lowest BCUT2D eigenvalue weighted by Gasteiger charge is -2.46. The van der Waals surface area contributed by atoms with Crippen LogP contribution in [0.2, 0.25) is 0 Å². The zero-order valence-electron chi connectivity index (χ0n) is 18.9. The standard InChI is InChI=1S/C25H33N3O2/c1-18-25(27-22(29)26-18,17-28-16-8-14-24(5,6)21(28)30-7)20-11-9-19(10-12-20)13-15-23(2,3)4/h8-12,16,21H,1,14,17H2,2-7H3,(H2,26,27,29). The van der Waals surface area contributed by atoms with E-state index in [-0.39, 0.29) is 23.1 Å². The van der Waals surface area contributed by atoms with Crippen molar-refractivity contribution in [2.24, 2.45) is 10.8 Å². The highest BCUT2D eigenvalue weighted by atomic mass is 16.5. The molecular weight excluding hydrogens is 374 g/mol. The Morgan fingerprint density at radius 1 is 1.27 bits per heavy atom. The van der Waals surface area contributed by atoms with Gasteiger partial charge in [-0.1, -0.05) is 50.5 Å². The van der Waals surface area contributed by atoms with Gasteiger partial charge in [0, 0.05) is 29.2 Å². The largest absolute Gasteiger partial charge is 0.361 e. The molecule has 0 spiro atoms. The minimum Gasteiger partial charge on any atom is -0.361 e. The first-order chi connectivity index (χ1) is 14.0. The summed E-state index contributed by atoms with van der Waals surface area (Å²) in [7, 11) is 1.73. The summed E-state index contributed by atoms with van der Waals surface area (Å²) in [4.78, 5) is 14.4. The van der Waals surface area contributed by atoms with Gasteiger partial charge in [0.05, 0.1) is 6.54 Å². The van der Waals surface area contributed by atoms with Crippen LogP contribution < -0.4 is 10.6 Å². The van der Waals surface area contributed by atoms with Gasteiger partial charge in [-0.15, -0.1) is 0 Å². The zero-order chi connectivity index (χ0) is 22.2. The third-order valence-corrected chi connectivity index (χ3v) is 5.62. The fourth-order valence-corrected chi connectivity index (χ4v) is 4.10. The number of methoxy groups -OCH3 is 1. The molecule has 1 aromatic rings. The number of urea groups is 1. The molecule has 0 saturated carbocycles. The number of hydrogen-bond donors (Lipinski definition) is 2.